The number of nitrogens with zero attached hydrogens (tertiary/aromatic N) is 2. The Labute approximate surface area is 203 Å². The average molecular weight is 490 g/mol. The van der Waals surface area contributed by atoms with Crippen LogP contribution in [0, 0.1) is 6.92 Å². The summed E-state index contributed by atoms with van der Waals surface area (Å²) in [7, 11) is 0. The number of hydrogen-bond donors (Lipinski definition) is 1. The maximum Gasteiger partial charge on any atom is 0.416 e. The van der Waals surface area contributed by atoms with E-state index in [2.05, 4.69) is 39.6 Å². The minimum Gasteiger partial charge on any atom is -0.322 e. The largest absolute Gasteiger partial charge is 0.416 e. The molecule has 1 N–H and O–H groups in total. The summed E-state index contributed by atoms with van der Waals surface area (Å²) in [6.07, 6.45) is -3.02. The van der Waals surface area contributed by atoms with Crippen molar-refractivity contribution in [2.24, 2.45) is 0 Å². The number of aryl methyl sites for hydroxylation is 1. The SMILES string of the molecule is Cc1ccc(-c2cc3c(-c4cccc(NC(=O)c5cccc(C(F)(F)F)c5)c4)ncnc3s2)cc1. The van der Waals surface area contributed by atoms with E-state index in [0.29, 0.717) is 11.4 Å². The number of thiophene rings is 1. The molecule has 0 atom stereocenters. The quantitative estimate of drug-likeness (QED) is 0.283. The van der Waals surface area contributed by atoms with Crippen molar-refractivity contribution < 1.29 is 18.0 Å². The van der Waals surface area contributed by atoms with Crippen LogP contribution in [0.5, 0.6) is 0 Å². The molecular formula is C27H18F3N3OS. The molecule has 0 unspecified atom stereocenters. The molecule has 4 nitrogen and oxygen atoms in total. The number of hydrogen-bond acceptors (Lipinski definition) is 4. The van der Waals surface area contributed by atoms with Gasteiger partial charge in [0.1, 0.15) is 11.2 Å². The number of carbonyl (C=O) groups excluding carboxylic acids is 1. The first-order valence-electron chi connectivity index (χ1n) is 10.7. The van der Waals surface area contributed by atoms with Gasteiger partial charge in [-0.1, -0.05) is 48.0 Å². The lowest BCUT2D eigenvalue weighted by Gasteiger charge is -2.10. The number of aromatic nitrogens is 2. The van der Waals surface area contributed by atoms with Crippen LogP contribution in [0.3, 0.4) is 0 Å². The Kier molecular flexibility index (Phi) is 5.82. The van der Waals surface area contributed by atoms with Crippen LogP contribution >= 0.6 is 11.3 Å². The van der Waals surface area contributed by atoms with Gasteiger partial charge in [0.25, 0.3) is 5.91 Å². The third-order valence-electron chi connectivity index (χ3n) is 5.51. The molecule has 5 rings (SSSR count). The summed E-state index contributed by atoms with van der Waals surface area (Å²) < 4.78 is 39.0. The van der Waals surface area contributed by atoms with Gasteiger partial charge in [-0.05, 0) is 48.9 Å². The summed E-state index contributed by atoms with van der Waals surface area (Å²) in [5.41, 5.74) is 3.24. The molecule has 0 spiro atoms. The highest BCUT2D eigenvalue weighted by Crippen LogP contribution is 2.37. The molecule has 174 valence electrons. The fraction of sp³-hybridized carbons (Fsp3) is 0.0741. The maximum atomic E-state index is 13.0. The van der Waals surface area contributed by atoms with Gasteiger partial charge in [0, 0.05) is 27.1 Å². The summed E-state index contributed by atoms with van der Waals surface area (Å²) in [4.78, 5) is 23.4. The zero-order valence-corrected chi connectivity index (χ0v) is 19.2. The highest BCUT2D eigenvalue weighted by molar-refractivity contribution is 7.21. The van der Waals surface area contributed by atoms with Crippen molar-refractivity contribution in [3.63, 3.8) is 0 Å². The first kappa shape index (κ1) is 22.7. The van der Waals surface area contributed by atoms with E-state index in [1.807, 2.05) is 19.1 Å². The van der Waals surface area contributed by atoms with E-state index in [1.54, 1.807) is 29.5 Å². The molecule has 1 amide bonds. The Morgan fingerprint density at radius 3 is 2.43 bits per heavy atom. The standard InChI is InChI=1S/C27H18F3N3OS/c1-16-8-10-17(11-9-16)23-14-22-24(31-15-32-26(22)35-23)18-4-3-7-21(13-18)33-25(34)19-5-2-6-20(12-19)27(28,29)30/h2-15H,1H3,(H,33,34). The molecular weight excluding hydrogens is 471 g/mol. The van der Waals surface area contributed by atoms with E-state index in [9.17, 15) is 18.0 Å². The Bertz CT molecular complexity index is 1540. The summed E-state index contributed by atoms with van der Waals surface area (Å²) in [6.45, 7) is 2.04. The lowest BCUT2D eigenvalue weighted by Crippen LogP contribution is -2.14. The van der Waals surface area contributed by atoms with Crippen molar-refractivity contribution in [3.8, 4) is 21.7 Å². The third-order valence-corrected chi connectivity index (χ3v) is 6.60. The van der Waals surface area contributed by atoms with E-state index in [-0.39, 0.29) is 5.56 Å². The maximum absolute atomic E-state index is 13.0. The van der Waals surface area contributed by atoms with Crippen LogP contribution in [-0.4, -0.2) is 15.9 Å². The molecule has 2 heterocycles. The van der Waals surface area contributed by atoms with E-state index >= 15 is 0 Å². The van der Waals surface area contributed by atoms with Crippen LogP contribution in [0.2, 0.25) is 0 Å². The first-order chi connectivity index (χ1) is 16.8. The summed E-state index contributed by atoms with van der Waals surface area (Å²) in [5, 5.41) is 3.57. The van der Waals surface area contributed by atoms with Gasteiger partial charge >= 0.3 is 6.18 Å². The second-order valence-electron chi connectivity index (χ2n) is 8.03. The predicted octanol–water partition coefficient (Wildman–Crippen LogP) is 7.60. The van der Waals surface area contributed by atoms with Crippen molar-refractivity contribution in [1.82, 2.24) is 9.97 Å². The average Bonchev–Trinajstić information content (AvgIpc) is 3.29. The zero-order chi connectivity index (χ0) is 24.6. The zero-order valence-electron chi connectivity index (χ0n) is 18.4. The summed E-state index contributed by atoms with van der Waals surface area (Å²) in [5.74, 6) is -0.627. The van der Waals surface area contributed by atoms with Crippen molar-refractivity contribution in [3.05, 3.63) is 102 Å². The summed E-state index contributed by atoms with van der Waals surface area (Å²) in [6, 6.07) is 21.7. The van der Waals surface area contributed by atoms with Gasteiger partial charge in [0.2, 0.25) is 0 Å². The van der Waals surface area contributed by atoms with Crippen LogP contribution in [0.25, 0.3) is 31.9 Å². The number of fused-ring (bicyclic) bond motifs is 1. The van der Waals surface area contributed by atoms with E-state index in [1.165, 1.54) is 24.0 Å². The number of nitrogens with one attached hydrogen (secondary N) is 1. The molecule has 2 aromatic heterocycles. The fourth-order valence-corrected chi connectivity index (χ4v) is 4.73. The van der Waals surface area contributed by atoms with Crippen molar-refractivity contribution in [1.29, 1.82) is 0 Å². The Hall–Kier alpha value is -4.04. The number of rotatable bonds is 4. The van der Waals surface area contributed by atoms with Crippen LogP contribution in [0.15, 0.2) is 85.2 Å². The number of halogens is 3. The number of alkyl halides is 3. The molecule has 0 aliphatic carbocycles. The van der Waals surface area contributed by atoms with Crippen molar-refractivity contribution in [2.75, 3.05) is 5.32 Å². The normalized spacial score (nSPS) is 11.5. The van der Waals surface area contributed by atoms with Gasteiger partial charge in [-0.25, -0.2) is 9.97 Å². The Morgan fingerprint density at radius 2 is 1.66 bits per heavy atom. The van der Waals surface area contributed by atoms with Crippen molar-refractivity contribution >= 4 is 33.1 Å². The van der Waals surface area contributed by atoms with Crippen LogP contribution < -0.4 is 5.32 Å². The van der Waals surface area contributed by atoms with Gasteiger partial charge < -0.3 is 5.32 Å². The smallest absolute Gasteiger partial charge is 0.322 e. The minimum atomic E-state index is -4.52. The molecule has 0 aliphatic heterocycles. The second-order valence-corrected chi connectivity index (χ2v) is 9.06. The van der Waals surface area contributed by atoms with E-state index in [4.69, 9.17) is 0 Å². The molecule has 35 heavy (non-hydrogen) atoms. The van der Waals surface area contributed by atoms with Gasteiger partial charge in [-0.3, -0.25) is 4.79 Å². The molecule has 0 saturated carbocycles. The van der Waals surface area contributed by atoms with Crippen LogP contribution in [0.1, 0.15) is 21.5 Å². The minimum absolute atomic E-state index is 0.0739. The van der Waals surface area contributed by atoms with Gasteiger partial charge in [-0.15, -0.1) is 11.3 Å². The fourth-order valence-electron chi connectivity index (χ4n) is 3.73. The Morgan fingerprint density at radius 1 is 0.886 bits per heavy atom. The lowest BCUT2D eigenvalue weighted by atomic mass is 10.1. The van der Waals surface area contributed by atoms with Crippen molar-refractivity contribution in [2.45, 2.75) is 13.1 Å². The molecule has 5 aromatic rings. The monoisotopic (exact) mass is 489 g/mol. The third kappa shape index (κ3) is 4.79. The second kappa shape index (κ2) is 8.96. The number of benzene rings is 3. The molecule has 3 aromatic carbocycles. The lowest BCUT2D eigenvalue weighted by molar-refractivity contribution is -0.137. The topological polar surface area (TPSA) is 54.9 Å². The first-order valence-corrected chi connectivity index (χ1v) is 11.5. The predicted molar refractivity (Wildman–Crippen MR) is 132 cm³/mol. The molecule has 0 aliphatic rings. The number of amides is 1. The summed E-state index contributed by atoms with van der Waals surface area (Å²) >= 11 is 1.57. The van der Waals surface area contributed by atoms with Gasteiger partial charge in [0.15, 0.2) is 0 Å². The van der Waals surface area contributed by atoms with E-state index in [0.717, 1.165) is 38.4 Å². The van der Waals surface area contributed by atoms with Gasteiger partial charge in [0.05, 0.1) is 11.3 Å². The Balaban J connectivity index is 1.45. The van der Waals surface area contributed by atoms with Gasteiger partial charge in [-0.2, -0.15) is 13.2 Å². The molecule has 8 heteroatoms. The highest BCUT2D eigenvalue weighted by Gasteiger charge is 2.30. The number of carbonyl (C=O) groups is 1. The molecule has 0 saturated heterocycles. The van der Waals surface area contributed by atoms with Crippen LogP contribution in [0.4, 0.5) is 18.9 Å². The molecule has 0 bridgehead atoms. The molecule has 0 fully saturated rings. The number of anilines is 1. The molecule has 0 radical (unpaired) electrons. The van der Waals surface area contributed by atoms with E-state index < -0.39 is 17.6 Å². The highest BCUT2D eigenvalue weighted by atomic mass is 32.1. The van der Waals surface area contributed by atoms with Crippen LogP contribution in [-0.2, 0) is 6.18 Å².